The van der Waals surface area contributed by atoms with Crippen molar-refractivity contribution < 1.29 is 4.79 Å². The van der Waals surface area contributed by atoms with Gasteiger partial charge in [-0.25, -0.2) is 0 Å². The van der Waals surface area contributed by atoms with E-state index in [-0.39, 0.29) is 11.9 Å². The summed E-state index contributed by atoms with van der Waals surface area (Å²) in [6.07, 6.45) is 2.45. The van der Waals surface area contributed by atoms with E-state index in [1.54, 1.807) is 0 Å². The summed E-state index contributed by atoms with van der Waals surface area (Å²) >= 11 is 1.40. The van der Waals surface area contributed by atoms with E-state index in [4.69, 9.17) is 0 Å². The molecule has 0 saturated carbocycles. The molecule has 136 valence electrons. The van der Waals surface area contributed by atoms with Crippen molar-refractivity contribution in [2.24, 2.45) is 0 Å². The SMILES string of the molecule is Cc1nnc2sc(C(=O)NCC(c3ccccc3)N3CCCC3)c(C)n12. The van der Waals surface area contributed by atoms with Crippen LogP contribution >= 0.6 is 11.3 Å². The monoisotopic (exact) mass is 369 g/mol. The summed E-state index contributed by atoms with van der Waals surface area (Å²) in [4.78, 5) is 16.8. The van der Waals surface area contributed by atoms with E-state index in [1.807, 2.05) is 24.3 Å². The smallest absolute Gasteiger partial charge is 0.263 e. The molecule has 1 aromatic carbocycles. The van der Waals surface area contributed by atoms with E-state index in [9.17, 15) is 4.79 Å². The molecule has 0 spiro atoms. The van der Waals surface area contributed by atoms with Crippen molar-refractivity contribution in [2.75, 3.05) is 19.6 Å². The largest absolute Gasteiger partial charge is 0.349 e. The Morgan fingerprint density at radius 3 is 2.62 bits per heavy atom. The molecule has 2 aromatic heterocycles. The molecule has 7 heteroatoms. The third kappa shape index (κ3) is 3.12. The highest BCUT2D eigenvalue weighted by atomic mass is 32.1. The van der Waals surface area contributed by atoms with Crippen molar-refractivity contribution >= 4 is 22.2 Å². The predicted molar refractivity (Wildman–Crippen MR) is 103 cm³/mol. The number of aromatic nitrogens is 3. The fourth-order valence-electron chi connectivity index (χ4n) is 3.73. The van der Waals surface area contributed by atoms with Gasteiger partial charge in [-0.3, -0.25) is 14.1 Å². The van der Waals surface area contributed by atoms with Crippen LogP contribution < -0.4 is 5.32 Å². The van der Waals surface area contributed by atoms with E-state index < -0.39 is 0 Å². The summed E-state index contributed by atoms with van der Waals surface area (Å²) in [5, 5.41) is 11.4. The van der Waals surface area contributed by atoms with Gasteiger partial charge < -0.3 is 5.32 Å². The molecular formula is C19H23N5OS. The van der Waals surface area contributed by atoms with Crippen LogP contribution in [-0.2, 0) is 0 Å². The second-order valence-corrected chi connectivity index (χ2v) is 7.74. The first-order valence-electron chi connectivity index (χ1n) is 9.03. The van der Waals surface area contributed by atoms with Crippen molar-refractivity contribution in [3.05, 3.63) is 52.3 Å². The first-order chi connectivity index (χ1) is 12.6. The number of thiazole rings is 1. The maximum atomic E-state index is 12.8. The minimum absolute atomic E-state index is 0.0301. The lowest BCUT2D eigenvalue weighted by Crippen LogP contribution is -2.36. The van der Waals surface area contributed by atoms with Crippen molar-refractivity contribution in [1.82, 2.24) is 24.8 Å². The summed E-state index contributed by atoms with van der Waals surface area (Å²) in [6.45, 7) is 6.64. The third-order valence-corrected chi connectivity index (χ3v) is 6.21. The van der Waals surface area contributed by atoms with Crippen LogP contribution in [0.25, 0.3) is 4.96 Å². The first kappa shape index (κ1) is 17.2. The molecule has 1 N–H and O–H groups in total. The fraction of sp³-hybridized carbons (Fsp3) is 0.421. The Kier molecular flexibility index (Phi) is 4.74. The molecule has 26 heavy (non-hydrogen) atoms. The van der Waals surface area contributed by atoms with Gasteiger partial charge >= 0.3 is 0 Å². The zero-order valence-electron chi connectivity index (χ0n) is 15.1. The summed E-state index contributed by atoms with van der Waals surface area (Å²) in [5.41, 5.74) is 2.16. The number of amides is 1. The Balaban J connectivity index is 1.53. The van der Waals surface area contributed by atoms with Crippen molar-refractivity contribution in [2.45, 2.75) is 32.7 Å². The molecule has 0 bridgehead atoms. The normalized spacial score (nSPS) is 16.2. The molecule has 3 aromatic rings. The molecular weight excluding hydrogens is 346 g/mol. The molecule has 3 heterocycles. The number of rotatable bonds is 5. The lowest BCUT2D eigenvalue weighted by atomic mass is 10.1. The molecule has 1 amide bonds. The van der Waals surface area contributed by atoms with Gasteiger partial charge in [0.2, 0.25) is 4.96 Å². The number of carbonyl (C=O) groups excluding carboxylic acids is 1. The topological polar surface area (TPSA) is 62.5 Å². The number of benzene rings is 1. The lowest BCUT2D eigenvalue weighted by Gasteiger charge is -2.28. The molecule has 0 aliphatic carbocycles. The minimum Gasteiger partial charge on any atom is -0.349 e. The molecule has 1 atom stereocenters. The second kappa shape index (κ2) is 7.17. The Labute approximate surface area is 156 Å². The average molecular weight is 369 g/mol. The standard InChI is InChI=1S/C19H23N5OS/c1-13-17(26-19-22-21-14(2)24(13)19)18(25)20-12-16(23-10-6-7-11-23)15-8-4-3-5-9-15/h3-5,8-9,16H,6-7,10-12H2,1-2H3,(H,20,25). The van der Waals surface area contributed by atoms with Gasteiger partial charge in [0.25, 0.3) is 5.91 Å². The van der Waals surface area contributed by atoms with Gasteiger partial charge in [0.15, 0.2) is 0 Å². The number of aryl methyl sites for hydroxylation is 2. The average Bonchev–Trinajstić information content (AvgIpc) is 3.36. The second-order valence-electron chi connectivity index (χ2n) is 6.76. The molecule has 0 radical (unpaired) electrons. The van der Waals surface area contributed by atoms with Crippen LogP contribution in [0.3, 0.4) is 0 Å². The highest BCUT2D eigenvalue weighted by Gasteiger charge is 2.25. The van der Waals surface area contributed by atoms with Crippen molar-refractivity contribution in [3.63, 3.8) is 0 Å². The molecule has 1 aliphatic heterocycles. The number of hydrogen-bond acceptors (Lipinski definition) is 5. The Morgan fingerprint density at radius 1 is 1.19 bits per heavy atom. The summed E-state index contributed by atoms with van der Waals surface area (Å²) in [5.74, 6) is 0.782. The van der Waals surface area contributed by atoms with Crippen molar-refractivity contribution in [1.29, 1.82) is 0 Å². The Bertz CT molecular complexity index is 911. The first-order valence-corrected chi connectivity index (χ1v) is 9.85. The minimum atomic E-state index is -0.0301. The van der Waals surface area contributed by atoms with Gasteiger partial charge in [0.05, 0.1) is 6.04 Å². The van der Waals surface area contributed by atoms with Gasteiger partial charge in [-0.1, -0.05) is 41.7 Å². The molecule has 1 saturated heterocycles. The number of likely N-dealkylation sites (tertiary alicyclic amines) is 1. The number of hydrogen-bond donors (Lipinski definition) is 1. The van der Waals surface area contributed by atoms with Crippen LogP contribution in [0.5, 0.6) is 0 Å². The van der Waals surface area contributed by atoms with E-state index >= 15 is 0 Å². The maximum absolute atomic E-state index is 12.8. The van der Waals surface area contributed by atoms with E-state index in [0.29, 0.717) is 11.4 Å². The van der Waals surface area contributed by atoms with Crippen LogP contribution in [0.15, 0.2) is 30.3 Å². The van der Waals surface area contributed by atoms with Crippen LogP contribution in [0.2, 0.25) is 0 Å². The molecule has 6 nitrogen and oxygen atoms in total. The number of carbonyl (C=O) groups is 1. The zero-order valence-corrected chi connectivity index (χ0v) is 15.9. The molecule has 1 unspecified atom stereocenters. The summed E-state index contributed by atoms with van der Waals surface area (Å²) < 4.78 is 1.94. The quantitative estimate of drug-likeness (QED) is 0.751. The summed E-state index contributed by atoms with van der Waals surface area (Å²) in [6, 6.07) is 10.7. The third-order valence-electron chi connectivity index (χ3n) is 5.08. The predicted octanol–water partition coefficient (Wildman–Crippen LogP) is 2.97. The maximum Gasteiger partial charge on any atom is 0.263 e. The molecule has 4 rings (SSSR count). The highest BCUT2D eigenvalue weighted by Crippen LogP contribution is 2.26. The van der Waals surface area contributed by atoms with Gasteiger partial charge in [-0.2, -0.15) is 0 Å². The van der Waals surface area contributed by atoms with E-state index in [0.717, 1.165) is 29.6 Å². The van der Waals surface area contributed by atoms with Gasteiger partial charge in [-0.15, -0.1) is 10.2 Å². The Hall–Kier alpha value is -2.25. The zero-order chi connectivity index (χ0) is 18.1. The number of nitrogens with zero attached hydrogens (tertiary/aromatic N) is 4. The van der Waals surface area contributed by atoms with Gasteiger partial charge in [-0.05, 0) is 45.3 Å². The van der Waals surface area contributed by atoms with Crippen molar-refractivity contribution in [3.8, 4) is 0 Å². The van der Waals surface area contributed by atoms with Gasteiger partial charge in [0.1, 0.15) is 10.7 Å². The molecule has 1 aliphatic rings. The molecule has 1 fully saturated rings. The Morgan fingerprint density at radius 2 is 1.92 bits per heavy atom. The fourth-order valence-corrected chi connectivity index (χ4v) is 4.76. The van der Waals surface area contributed by atoms with Crippen LogP contribution in [0, 0.1) is 13.8 Å². The van der Waals surface area contributed by atoms with Crippen LogP contribution in [0.4, 0.5) is 0 Å². The van der Waals surface area contributed by atoms with E-state index in [1.165, 1.54) is 29.7 Å². The van der Waals surface area contributed by atoms with Crippen LogP contribution in [0.1, 0.15) is 45.6 Å². The van der Waals surface area contributed by atoms with Crippen LogP contribution in [-0.4, -0.2) is 45.0 Å². The summed E-state index contributed by atoms with van der Waals surface area (Å²) in [7, 11) is 0. The number of fused-ring (bicyclic) bond motifs is 1. The van der Waals surface area contributed by atoms with E-state index in [2.05, 4.69) is 44.7 Å². The highest BCUT2D eigenvalue weighted by molar-refractivity contribution is 7.19. The lowest BCUT2D eigenvalue weighted by molar-refractivity contribution is 0.0941. The number of nitrogens with one attached hydrogen (secondary N) is 1. The van der Waals surface area contributed by atoms with Gasteiger partial charge in [0, 0.05) is 12.2 Å².